The van der Waals surface area contributed by atoms with Crippen molar-refractivity contribution < 1.29 is 17.9 Å². The van der Waals surface area contributed by atoms with Crippen molar-refractivity contribution >= 4 is 50.0 Å². The standard InChI is InChI=1S/C26H22Cl2N2O4S/c1-16-21(14-18-8-10-19(27)11-9-18)17(2)29-26-22(28)12-13-23(25(16)26)34-15-24(31)30-35(32,33)20-6-4-3-5-7-20/h3-13H,14-15H2,1-2H3,(H,30,31). The Labute approximate surface area is 213 Å². The van der Waals surface area contributed by atoms with Gasteiger partial charge in [-0.1, -0.05) is 53.5 Å². The Morgan fingerprint density at radius 2 is 1.66 bits per heavy atom. The quantitative estimate of drug-likeness (QED) is 0.335. The highest BCUT2D eigenvalue weighted by molar-refractivity contribution is 7.90. The highest BCUT2D eigenvalue weighted by atomic mass is 35.5. The molecule has 1 amide bonds. The third-order valence-electron chi connectivity index (χ3n) is 5.59. The molecule has 4 rings (SSSR count). The largest absolute Gasteiger partial charge is 0.483 e. The van der Waals surface area contributed by atoms with E-state index in [-0.39, 0.29) is 4.90 Å². The summed E-state index contributed by atoms with van der Waals surface area (Å²) in [5.74, 6) is -0.407. The minimum Gasteiger partial charge on any atom is -0.483 e. The molecule has 1 heterocycles. The lowest BCUT2D eigenvalue weighted by atomic mass is 9.96. The molecule has 0 saturated carbocycles. The summed E-state index contributed by atoms with van der Waals surface area (Å²) in [5.41, 5.74) is 4.36. The summed E-state index contributed by atoms with van der Waals surface area (Å²) in [5, 5.41) is 1.78. The monoisotopic (exact) mass is 528 g/mol. The molecular weight excluding hydrogens is 507 g/mol. The first-order chi connectivity index (χ1) is 16.7. The number of ether oxygens (including phenoxy) is 1. The number of hydrogen-bond acceptors (Lipinski definition) is 5. The minimum atomic E-state index is -3.99. The number of amides is 1. The number of halogens is 2. The zero-order valence-corrected chi connectivity index (χ0v) is 21.3. The van der Waals surface area contributed by atoms with Crippen LogP contribution in [0.3, 0.4) is 0 Å². The molecule has 0 aliphatic rings. The maximum atomic E-state index is 12.4. The third kappa shape index (κ3) is 5.59. The van der Waals surface area contributed by atoms with Crippen LogP contribution in [0.4, 0.5) is 0 Å². The van der Waals surface area contributed by atoms with E-state index in [0.29, 0.717) is 33.1 Å². The molecule has 9 heteroatoms. The zero-order chi connectivity index (χ0) is 25.2. The van der Waals surface area contributed by atoms with Gasteiger partial charge in [-0.05, 0) is 73.4 Å². The van der Waals surface area contributed by atoms with Crippen molar-refractivity contribution in [3.05, 3.63) is 99.2 Å². The normalized spacial score (nSPS) is 11.4. The van der Waals surface area contributed by atoms with E-state index in [4.69, 9.17) is 32.9 Å². The SMILES string of the molecule is Cc1nc2c(Cl)ccc(OCC(=O)NS(=O)(=O)c3ccccc3)c2c(C)c1Cc1ccc(Cl)cc1. The summed E-state index contributed by atoms with van der Waals surface area (Å²) >= 11 is 12.4. The van der Waals surface area contributed by atoms with E-state index in [2.05, 4.69) is 0 Å². The second kappa shape index (κ2) is 10.2. The molecule has 0 bridgehead atoms. The van der Waals surface area contributed by atoms with Gasteiger partial charge in [0, 0.05) is 16.1 Å². The number of hydrogen-bond donors (Lipinski definition) is 1. The van der Waals surface area contributed by atoms with Gasteiger partial charge in [0.15, 0.2) is 6.61 Å². The number of benzene rings is 3. The number of carbonyl (C=O) groups excluding carboxylic acids is 1. The van der Waals surface area contributed by atoms with Crippen LogP contribution in [0.5, 0.6) is 5.75 Å². The molecule has 0 fully saturated rings. The van der Waals surface area contributed by atoms with E-state index >= 15 is 0 Å². The number of carbonyl (C=O) groups is 1. The predicted molar refractivity (Wildman–Crippen MR) is 138 cm³/mol. The van der Waals surface area contributed by atoms with E-state index in [0.717, 1.165) is 22.4 Å². The topological polar surface area (TPSA) is 85.4 Å². The van der Waals surface area contributed by atoms with Crippen molar-refractivity contribution in [2.75, 3.05) is 6.61 Å². The lowest BCUT2D eigenvalue weighted by Gasteiger charge is -2.17. The van der Waals surface area contributed by atoms with E-state index in [9.17, 15) is 13.2 Å². The van der Waals surface area contributed by atoms with Crippen LogP contribution in [0.25, 0.3) is 10.9 Å². The van der Waals surface area contributed by atoms with Gasteiger partial charge in [0.1, 0.15) is 5.75 Å². The highest BCUT2D eigenvalue weighted by Gasteiger charge is 2.20. The molecule has 0 atom stereocenters. The Balaban J connectivity index is 1.62. The van der Waals surface area contributed by atoms with E-state index in [1.165, 1.54) is 12.1 Å². The third-order valence-corrected chi connectivity index (χ3v) is 7.54. The number of aryl methyl sites for hydroxylation is 2. The summed E-state index contributed by atoms with van der Waals surface area (Å²) in [7, 11) is -3.99. The van der Waals surface area contributed by atoms with Crippen molar-refractivity contribution in [1.82, 2.24) is 9.71 Å². The fourth-order valence-corrected chi connectivity index (χ4v) is 5.16. The molecule has 0 saturated heterocycles. The molecule has 1 N–H and O–H groups in total. The summed E-state index contributed by atoms with van der Waals surface area (Å²) in [4.78, 5) is 17.1. The smallest absolute Gasteiger partial charge is 0.271 e. The molecule has 35 heavy (non-hydrogen) atoms. The van der Waals surface area contributed by atoms with Crippen molar-refractivity contribution in [2.24, 2.45) is 0 Å². The van der Waals surface area contributed by atoms with Crippen LogP contribution >= 0.6 is 23.2 Å². The van der Waals surface area contributed by atoms with Gasteiger partial charge in [0.25, 0.3) is 15.9 Å². The van der Waals surface area contributed by atoms with Crippen molar-refractivity contribution in [3.63, 3.8) is 0 Å². The molecule has 0 spiro atoms. The fourth-order valence-electron chi connectivity index (χ4n) is 3.84. The first kappa shape index (κ1) is 25.0. The minimum absolute atomic E-state index is 0.00680. The molecule has 0 aliphatic heterocycles. The van der Waals surface area contributed by atoms with Gasteiger partial charge in [-0.3, -0.25) is 9.78 Å². The summed E-state index contributed by atoms with van der Waals surface area (Å²) in [6.07, 6.45) is 0.625. The van der Waals surface area contributed by atoms with Crippen LogP contribution in [0, 0.1) is 13.8 Å². The van der Waals surface area contributed by atoms with Gasteiger partial charge in [-0.25, -0.2) is 13.1 Å². The first-order valence-corrected chi connectivity index (χ1v) is 13.0. The van der Waals surface area contributed by atoms with Crippen LogP contribution in [-0.2, 0) is 21.2 Å². The van der Waals surface area contributed by atoms with E-state index in [1.807, 2.05) is 42.8 Å². The summed E-state index contributed by atoms with van der Waals surface area (Å²) < 4.78 is 32.6. The van der Waals surface area contributed by atoms with Crippen LogP contribution in [-0.4, -0.2) is 25.9 Å². The van der Waals surface area contributed by atoms with Gasteiger partial charge < -0.3 is 4.74 Å². The van der Waals surface area contributed by atoms with Crippen LogP contribution in [0.15, 0.2) is 71.6 Å². The Kier molecular flexibility index (Phi) is 7.31. The molecule has 0 aliphatic carbocycles. The molecule has 0 unspecified atom stereocenters. The maximum absolute atomic E-state index is 12.4. The molecule has 180 valence electrons. The van der Waals surface area contributed by atoms with Gasteiger partial charge in [0.05, 0.1) is 15.4 Å². The Bertz CT molecular complexity index is 1510. The first-order valence-electron chi connectivity index (χ1n) is 10.7. The van der Waals surface area contributed by atoms with Crippen LogP contribution < -0.4 is 9.46 Å². The molecule has 6 nitrogen and oxygen atoms in total. The number of fused-ring (bicyclic) bond motifs is 1. The highest BCUT2D eigenvalue weighted by Crippen LogP contribution is 2.36. The lowest BCUT2D eigenvalue weighted by Crippen LogP contribution is -2.34. The molecular formula is C26H22Cl2N2O4S. The van der Waals surface area contributed by atoms with Crippen LogP contribution in [0.2, 0.25) is 10.0 Å². The summed E-state index contributed by atoms with van der Waals surface area (Å²) in [6.45, 7) is 3.37. The van der Waals surface area contributed by atoms with E-state index in [1.54, 1.807) is 30.3 Å². The van der Waals surface area contributed by atoms with Crippen molar-refractivity contribution in [3.8, 4) is 5.75 Å². The van der Waals surface area contributed by atoms with Crippen LogP contribution in [0.1, 0.15) is 22.4 Å². The van der Waals surface area contributed by atoms with E-state index < -0.39 is 22.5 Å². The molecule has 3 aromatic carbocycles. The number of pyridine rings is 1. The van der Waals surface area contributed by atoms with Crippen molar-refractivity contribution in [2.45, 2.75) is 25.2 Å². The predicted octanol–water partition coefficient (Wildman–Crippen LogP) is 5.63. The lowest BCUT2D eigenvalue weighted by molar-refractivity contribution is -0.121. The number of nitrogens with zero attached hydrogens (tertiary/aromatic N) is 1. The Morgan fingerprint density at radius 1 is 0.971 bits per heavy atom. The van der Waals surface area contributed by atoms with Crippen molar-refractivity contribution in [1.29, 1.82) is 0 Å². The number of sulfonamides is 1. The Hall–Kier alpha value is -3.13. The number of nitrogens with one attached hydrogen (secondary N) is 1. The zero-order valence-electron chi connectivity index (χ0n) is 19.0. The van der Waals surface area contributed by atoms with Gasteiger partial charge in [-0.2, -0.15) is 0 Å². The molecule has 0 radical (unpaired) electrons. The molecule has 4 aromatic rings. The maximum Gasteiger partial charge on any atom is 0.271 e. The Morgan fingerprint density at radius 3 is 2.34 bits per heavy atom. The second-order valence-electron chi connectivity index (χ2n) is 8.00. The second-order valence-corrected chi connectivity index (χ2v) is 10.5. The summed E-state index contributed by atoms with van der Waals surface area (Å²) in [6, 6.07) is 18.5. The van der Waals surface area contributed by atoms with Gasteiger partial charge in [-0.15, -0.1) is 0 Å². The number of aromatic nitrogens is 1. The van der Waals surface area contributed by atoms with Gasteiger partial charge >= 0.3 is 0 Å². The average Bonchev–Trinajstić information content (AvgIpc) is 2.83. The van der Waals surface area contributed by atoms with Gasteiger partial charge in [0.2, 0.25) is 0 Å². The fraction of sp³-hybridized carbons (Fsp3) is 0.154. The number of rotatable bonds is 7. The average molecular weight is 529 g/mol. The molecule has 1 aromatic heterocycles.